The zero-order valence-electron chi connectivity index (χ0n) is 11.2. The van der Waals surface area contributed by atoms with Crippen molar-refractivity contribution in [2.45, 2.75) is 38.1 Å². The van der Waals surface area contributed by atoms with Crippen LogP contribution in [-0.2, 0) is 9.59 Å². The van der Waals surface area contributed by atoms with Crippen LogP contribution in [0.5, 0.6) is 0 Å². The summed E-state index contributed by atoms with van der Waals surface area (Å²) in [6.45, 7) is 0.739. The summed E-state index contributed by atoms with van der Waals surface area (Å²) in [5, 5.41) is 9.29. The highest BCUT2D eigenvalue weighted by molar-refractivity contribution is 6.30. The van der Waals surface area contributed by atoms with Gasteiger partial charge < -0.3 is 10.0 Å². The van der Waals surface area contributed by atoms with Crippen molar-refractivity contribution in [2.75, 3.05) is 6.54 Å². The Morgan fingerprint density at radius 1 is 1.35 bits per heavy atom. The van der Waals surface area contributed by atoms with Crippen molar-refractivity contribution >= 4 is 23.5 Å². The smallest absolute Gasteiger partial charge is 0.303 e. The summed E-state index contributed by atoms with van der Waals surface area (Å²) >= 11 is 6.00. The van der Waals surface area contributed by atoms with Gasteiger partial charge in [-0.2, -0.15) is 0 Å². The first-order valence-corrected chi connectivity index (χ1v) is 7.22. The number of halogens is 1. The molecule has 0 saturated carbocycles. The fourth-order valence-electron chi connectivity index (χ4n) is 2.66. The Bertz CT molecular complexity index is 504. The molecule has 1 aliphatic rings. The molecule has 0 radical (unpaired) electrons. The van der Waals surface area contributed by atoms with Crippen LogP contribution in [0.3, 0.4) is 0 Å². The largest absolute Gasteiger partial charge is 0.481 e. The van der Waals surface area contributed by atoms with Crippen LogP contribution in [-0.4, -0.2) is 28.4 Å². The third-order valence-electron chi connectivity index (χ3n) is 3.59. The van der Waals surface area contributed by atoms with Crippen molar-refractivity contribution < 1.29 is 14.7 Å². The summed E-state index contributed by atoms with van der Waals surface area (Å²) in [4.78, 5) is 24.5. The van der Waals surface area contributed by atoms with E-state index >= 15 is 0 Å². The molecule has 0 bridgehead atoms. The molecule has 1 saturated heterocycles. The van der Waals surface area contributed by atoms with Gasteiger partial charge in [-0.1, -0.05) is 23.7 Å². The molecule has 2 rings (SSSR count). The molecule has 1 amide bonds. The number of carbonyl (C=O) groups excluding carboxylic acids is 1. The number of carboxylic acid groups (broad SMARTS) is 1. The first kappa shape index (κ1) is 14.9. The first-order valence-electron chi connectivity index (χ1n) is 6.84. The maximum atomic E-state index is 12.2. The van der Waals surface area contributed by atoms with Gasteiger partial charge >= 0.3 is 5.97 Å². The van der Waals surface area contributed by atoms with Crippen molar-refractivity contribution in [3.8, 4) is 0 Å². The minimum atomic E-state index is -0.856. The first-order chi connectivity index (χ1) is 9.58. The van der Waals surface area contributed by atoms with Gasteiger partial charge in [-0.25, -0.2) is 0 Å². The van der Waals surface area contributed by atoms with Gasteiger partial charge in [-0.15, -0.1) is 0 Å². The molecule has 1 unspecified atom stereocenters. The molecular formula is C15H18ClNO3. The van der Waals surface area contributed by atoms with E-state index in [1.54, 1.807) is 0 Å². The molecule has 1 aromatic rings. The Labute approximate surface area is 123 Å². The lowest BCUT2D eigenvalue weighted by atomic mass is 10.0. The SMILES string of the molecule is O=C(O)CCCC(=O)N1CCCC1c1cccc(Cl)c1. The number of carbonyl (C=O) groups is 2. The molecule has 1 heterocycles. The molecule has 0 aliphatic carbocycles. The molecule has 20 heavy (non-hydrogen) atoms. The Morgan fingerprint density at radius 2 is 2.15 bits per heavy atom. The van der Waals surface area contributed by atoms with Crippen LogP contribution in [0.25, 0.3) is 0 Å². The average molecular weight is 296 g/mol. The Hall–Kier alpha value is -1.55. The molecule has 1 N–H and O–H groups in total. The number of hydrogen-bond donors (Lipinski definition) is 1. The molecule has 5 heteroatoms. The van der Waals surface area contributed by atoms with Crippen LogP contribution in [0.1, 0.15) is 43.7 Å². The van der Waals surface area contributed by atoms with Gasteiger partial charge in [0.15, 0.2) is 0 Å². The van der Waals surface area contributed by atoms with E-state index in [0.717, 1.165) is 24.9 Å². The number of nitrogens with zero attached hydrogens (tertiary/aromatic N) is 1. The Balaban J connectivity index is 2.00. The van der Waals surface area contributed by atoms with E-state index < -0.39 is 5.97 Å². The molecule has 1 aromatic carbocycles. The number of hydrogen-bond acceptors (Lipinski definition) is 2. The summed E-state index contributed by atoms with van der Waals surface area (Å²) in [5.41, 5.74) is 1.06. The van der Waals surface area contributed by atoms with Gasteiger partial charge in [0.1, 0.15) is 0 Å². The van der Waals surface area contributed by atoms with Gasteiger partial charge in [-0.3, -0.25) is 9.59 Å². The van der Waals surface area contributed by atoms with Crippen molar-refractivity contribution in [2.24, 2.45) is 0 Å². The monoisotopic (exact) mass is 295 g/mol. The van der Waals surface area contributed by atoms with Crippen LogP contribution >= 0.6 is 11.6 Å². The summed E-state index contributed by atoms with van der Waals surface area (Å²) < 4.78 is 0. The van der Waals surface area contributed by atoms with Crippen LogP contribution < -0.4 is 0 Å². The number of aliphatic carboxylic acids is 1. The van der Waals surface area contributed by atoms with Gasteiger partial charge in [0.2, 0.25) is 5.91 Å². The summed E-state index contributed by atoms with van der Waals surface area (Å²) in [6.07, 6.45) is 2.64. The number of carboxylic acids is 1. The normalized spacial score (nSPS) is 18.2. The molecule has 1 atom stereocenters. The third-order valence-corrected chi connectivity index (χ3v) is 3.82. The van der Waals surface area contributed by atoms with Crippen molar-refractivity contribution in [3.63, 3.8) is 0 Å². The van der Waals surface area contributed by atoms with Crippen molar-refractivity contribution in [1.82, 2.24) is 4.90 Å². The standard InChI is InChI=1S/C15H18ClNO3/c16-12-5-1-4-11(10-12)13-6-3-9-17(13)14(18)7-2-8-15(19)20/h1,4-5,10,13H,2-3,6-9H2,(H,19,20). The van der Waals surface area contributed by atoms with E-state index in [1.807, 2.05) is 29.2 Å². The quantitative estimate of drug-likeness (QED) is 0.907. The van der Waals surface area contributed by atoms with E-state index in [2.05, 4.69) is 0 Å². The highest BCUT2D eigenvalue weighted by Gasteiger charge is 2.29. The number of amides is 1. The highest BCUT2D eigenvalue weighted by atomic mass is 35.5. The molecule has 108 valence electrons. The Morgan fingerprint density at radius 3 is 2.85 bits per heavy atom. The van der Waals surface area contributed by atoms with Crippen LogP contribution in [0.4, 0.5) is 0 Å². The van der Waals surface area contributed by atoms with Crippen LogP contribution in [0.15, 0.2) is 24.3 Å². The van der Waals surface area contributed by atoms with E-state index in [1.165, 1.54) is 0 Å². The zero-order chi connectivity index (χ0) is 14.5. The topological polar surface area (TPSA) is 57.6 Å². The highest BCUT2D eigenvalue weighted by Crippen LogP contribution is 2.33. The van der Waals surface area contributed by atoms with E-state index in [4.69, 9.17) is 16.7 Å². The summed E-state index contributed by atoms with van der Waals surface area (Å²) in [5.74, 6) is -0.820. The lowest BCUT2D eigenvalue weighted by Crippen LogP contribution is -2.30. The van der Waals surface area contributed by atoms with Crippen LogP contribution in [0.2, 0.25) is 5.02 Å². The maximum Gasteiger partial charge on any atom is 0.303 e. The fourth-order valence-corrected chi connectivity index (χ4v) is 2.86. The van der Waals surface area contributed by atoms with E-state index in [0.29, 0.717) is 17.9 Å². The minimum Gasteiger partial charge on any atom is -0.481 e. The molecule has 1 aliphatic heterocycles. The molecule has 0 spiro atoms. The maximum absolute atomic E-state index is 12.2. The number of rotatable bonds is 5. The lowest BCUT2D eigenvalue weighted by molar-refractivity contribution is -0.137. The third kappa shape index (κ3) is 3.73. The molecule has 4 nitrogen and oxygen atoms in total. The summed E-state index contributed by atoms with van der Waals surface area (Å²) in [7, 11) is 0. The second kappa shape index (κ2) is 6.75. The van der Waals surface area contributed by atoms with Gasteiger partial charge in [0.05, 0.1) is 6.04 Å². The van der Waals surface area contributed by atoms with Crippen molar-refractivity contribution in [1.29, 1.82) is 0 Å². The zero-order valence-corrected chi connectivity index (χ0v) is 12.0. The second-order valence-electron chi connectivity index (χ2n) is 5.05. The molecule has 1 fully saturated rings. The van der Waals surface area contributed by atoms with Gasteiger partial charge in [0.25, 0.3) is 0 Å². The average Bonchev–Trinajstić information content (AvgIpc) is 2.87. The molecule has 0 aromatic heterocycles. The molecular weight excluding hydrogens is 278 g/mol. The predicted molar refractivity (Wildman–Crippen MR) is 76.6 cm³/mol. The van der Waals surface area contributed by atoms with Crippen LogP contribution in [0, 0.1) is 0 Å². The lowest BCUT2D eigenvalue weighted by Gasteiger charge is -2.25. The van der Waals surface area contributed by atoms with E-state index in [-0.39, 0.29) is 18.4 Å². The Kier molecular flexibility index (Phi) is 5.01. The second-order valence-corrected chi connectivity index (χ2v) is 5.48. The fraction of sp³-hybridized carbons (Fsp3) is 0.467. The predicted octanol–water partition coefficient (Wildman–Crippen LogP) is 3.26. The summed E-state index contributed by atoms with van der Waals surface area (Å²) in [6, 6.07) is 7.67. The van der Waals surface area contributed by atoms with Gasteiger partial charge in [0, 0.05) is 24.4 Å². The number of benzene rings is 1. The van der Waals surface area contributed by atoms with Gasteiger partial charge in [-0.05, 0) is 37.0 Å². The minimum absolute atomic E-state index is 0.0359. The van der Waals surface area contributed by atoms with Crippen molar-refractivity contribution in [3.05, 3.63) is 34.9 Å². The number of likely N-dealkylation sites (tertiary alicyclic amines) is 1. The van der Waals surface area contributed by atoms with E-state index in [9.17, 15) is 9.59 Å².